The molecule has 8 heteroatoms. The molecule has 1 aliphatic carbocycles. The lowest BCUT2D eigenvalue weighted by molar-refractivity contribution is 0.287. The first-order valence-corrected chi connectivity index (χ1v) is 8.40. The second-order valence-corrected chi connectivity index (χ2v) is 6.33. The molecule has 0 amide bonds. The van der Waals surface area contributed by atoms with E-state index < -0.39 is 7.12 Å². The van der Waals surface area contributed by atoms with Gasteiger partial charge in [0.15, 0.2) is 0 Å². The fourth-order valence-electron chi connectivity index (χ4n) is 3.01. The maximum Gasteiger partial charge on any atom is 0.494 e. The third-order valence-electron chi connectivity index (χ3n) is 4.59. The normalized spacial score (nSPS) is 18.6. The molecule has 7 nitrogen and oxygen atoms in total. The highest BCUT2D eigenvalue weighted by Crippen LogP contribution is 2.46. The molecule has 1 fully saturated rings. The molecule has 2 unspecified atom stereocenters. The van der Waals surface area contributed by atoms with Gasteiger partial charge in [0.05, 0.1) is 30.9 Å². The zero-order chi connectivity index (χ0) is 18.1. The van der Waals surface area contributed by atoms with Gasteiger partial charge in [0, 0.05) is 29.2 Å². The second-order valence-electron chi connectivity index (χ2n) is 6.33. The van der Waals surface area contributed by atoms with Gasteiger partial charge in [0.1, 0.15) is 5.75 Å². The SMILES string of the molecule is COc1ccc(C2CC2COc2nc3cccnc3cc2B(O)O)nc1. The lowest BCUT2D eigenvalue weighted by Crippen LogP contribution is -2.32. The molecule has 0 aliphatic heterocycles. The van der Waals surface area contributed by atoms with Gasteiger partial charge >= 0.3 is 7.12 Å². The van der Waals surface area contributed by atoms with Crippen LogP contribution in [0.15, 0.2) is 42.7 Å². The Bertz CT molecular complexity index is 920. The number of fused-ring (bicyclic) bond motifs is 1. The van der Waals surface area contributed by atoms with Gasteiger partial charge in [-0.1, -0.05) is 0 Å². The molecule has 3 aromatic heterocycles. The van der Waals surface area contributed by atoms with Gasteiger partial charge in [0.2, 0.25) is 5.88 Å². The van der Waals surface area contributed by atoms with E-state index >= 15 is 0 Å². The van der Waals surface area contributed by atoms with Crippen molar-refractivity contribution in [2.75, 3.05) is 13.7 Å². The summed E-state index contributed by atoms with van der Waals surface area (Å²) in [6, 6.07) is 9.05. The molecule has 1 saturated carbocycles. The van der Waals surface area contributed by atoms with Crippen molar-refractivity contribution in [1.82, 2.24) is 15.0 Å². The van der Waals surface area contributed by atoms with Crippen LogP contribution in [0.25, 0.3) is 11.0 Å². The Morgan fingerprint density at radius 2 is 2.08 bits per heavy atom. The first kappa shape index (κ1) is 16.7. The molecule has 26 heavy (non-hydrogen) atoms. The predicted octanol–water partition coefficient (Wildman–Crippen LogP) is 0.896. The van der Waals surface area contributed by atoms with Gasteiger partial charge < -0.3 is 19.5 Å². The highest BCUT2D eigenvalue weighted by atomic mass is 16.5. The fraction of sp³-hybridized carbons (Fsp3) is 0.278. The van der Waals surface area contributed by atoms with E-state index in [2.05, 4.69) is 15.0 Å². The zero-order valence-electron chi connectivity index (χ0n) is 14.2. The van der Waals surface area contributed by atoms with Gasteiger partial charge in [-0.15, -0.1) is 0 Å². The van der Waals surface area contributed by atoms with Gasteiger partial charge in [-0.2, -0.15) is 0 Å². The van der Waals surface area contributed by atoms with Crippen molar-refractivity contribution in [2.24, 2.45) is 5.92 Å². The second kappa shape index (κ2) is 6.89. The Kier molecular flexibility index (Phi) is 4.44. The molecular weight excluding hydrogens is 333 g/mol. The standard InChI is InChI=1S/C18H18BN3O4/c1-25-12-4-5-15(21-9-12)13-7-11(13)10-26-18-14(19(23)24)8-17-16(22-18)3-2-6-20-17/h2-6,8-9,11,13,23-24H,7,10H2,1H3. The molecule has 1 aliphatic rings. The summed E-state index contributed by atoms with van der Waals surface area (Å²) in [5.41, 5.74) is 2.47. The fourth-order valence-corrected chi connectivity index (χ4v) is 3.01. The Hall–Kier alpha value is -2.71. The quantitative estimate of drug-likeness (QED) is 0.637. The average molecular weight is 351 g/mol. The van der Waals surface area contributed by atoms with Gasteiger partial charge in [-0.05, 0) is 36.8 Å². The highest BCUT2D eigenvalue weighted by Gasteiger charge is 2.40. The van der Waals surface area contributed by atoms with E-state index in [-0.39, 0.29) is 11.3 Å². The van der Waals surface area contributed by atoms with E-state index in [0.717, 1.165) is 17.9 Å². The minimum Gasteiger partial charge on any atom is -0.495 e. The predicted molar refractivity (Wildman–Crippen MR) is 96.5 cm³/mol. The summed E-state index contributed by atoms with van der Waals surface area (Å²) in [6.07, 6.45) is 4.32. The van der Waals surface area contributed by atoms with E-state index in [0.29, 0.717) is 29.5 Å². The van der Waals surface area contributed by atoms with Crippen molar-refractivity contribution in [1.29, 1.82) is 0 Å². The Morgan fingerprint density at radius 3 is 2.81 bits per heavy atom. The van der Waals surface area contributed by atoms with Gasteiger partial charge in [0.25, 0.3) is 0 Å². The first-order valence-electron chi connectivity index (χ1n) is 8.40. The van der Waals surface area contributed by atoms with Crippen LogP contribution in [0.5, 0.6) is 11.6 Å². The Labute approximate surface area is 150 Å². The molecule has 0 bridgehead atoms. The average Bonchev–Trinajstić information content (AvgIpc) is 3.45. The van der Waals surface area contributed by atoms with Crippen molar-refractivity contribution in [2.45, 2.75) is 12.3 Å². The van der Waals surface area contributed by atoms with Crippen LogP contribution in [-0.4, -0.2) is 45.8 Å². The van der Waals surface area contributed by atoms with Crippen LogP contribution in [0.2, 0.25) is 0 Å². The number of hydrogen-bond donors (Lipinski definition) is 2. The van der Waals surface area contributed by atoms with Crippen molar-refractivity contribution >= 4 is 23.6 Å². The molecule has 3 heterocycles. The van der Waals surface area contributed by atoms with Crippen LogP contribution in [0.1, 0.15) is 18.0 Å². The van der Waals surface area contributed by atoms with Gasteiger partial charge in [-0.25, -0.2) is 4.98 Å². The highest BCUT2D eigenvalue weighted by molar-refractivity contribution is 6.59. The maximum atomic E-state index is 9.61. The number of rotatable bonds is 6. The van der Waals surface area contributed by atoms with Crippen LogP contribution in [0.4, 0.5) is 0 Å². The van der Waals surface area contributed by atoms with E-state index in [4.69, 9.17) is 9.47 Å². The molecule has 2 atom stereocenters. The number of ether oxygens (including phenoxy) is 2. The zero-order valence-corrected chi connectivity index (χ0v) is 14.2. The topological polar surface area (TPSA) is 97.6 Å². The third-order valence-corrected chi connectivity index (χ3v) is 4.59. The summed E-state index contributed by atoms with van der Waals surface area (Å²) >= 11 is 0. The van der Waals surface area contributed by atoms with Crippen molar-refractivity contribution < 1.29 is 19.5 Å². The summed E-state index contributed by atoms with van der Waals surface area (Å²) in [4.78, 5) is 13.0. The van der Waals surface area contributed by atoms with Crippen LogP contribution in [0, 0.1) is 5.92 Å². The molecular formula is C18H18BN3O4. The maximum absolute atomic E-state index is 9.61. The summed E-state index contributed by atoms with van der Waals surface area (Å²) in [7, 11) is -0.0499. The van der Waals surface area contributed by atoms with E-state index in [9.17, 15) is 10.0 Å². The van der Waals surface area contributed by atoms with Crippen LogP contribution >= 0.6 is 0 Å². The third kappa shape index (κ3) is 3.33. The summed E-state index contributed by atoms with van der Waals surface area (Å²) < 4.78 is 10.9. The molecule has 132 valence electrons. The van der Waals surface area contributed by atoms with Gasteiger partial charge in [-0.3, -0.25) is 9.97 Å². The summed E-state index contributed by atoms with van der Waals surface area (Å²) in [5.74, 6) is 1.63. The van der Waals surface area contributed by atoms with Crippen molar-refractivity contribution in [3.8, 4) is 11.6 Å². The molecule has 3 aromatic rings. The van der Waals surface area contributed by atoms with Crippen LogP contribution in [-0.2, 0) is 0 Å². The molecule has 0 radical (unpaired) electrons. The van der Waals surface area contributed by atoms with Crippen LogP contribution < -0.4 is 14.9 Å². The molecule has 2 N–H and O–H groups in total. The molecule has 0 aromatic carbocycles. The number of aromatic nitrogens is 3. The Morgan fingerprint density at radius 1 is 1.19 bits per heavy atom. The number of methoxy groups -OCH3 is 1. The first-order chi connectivity index (χ1) is 12.7. The number of pyridine rings is 3. The monoisotopic (exact) mass is 351 g/mol. The number of hydrogen-bond acceptors (Lipinski definition) is 7. The smallest absolute Gasteiger partial charge is 0.494 e. The summed E-state index contributed by atoms with van der Waals surface area (Å²) in [6.45, 7) is 0.441. The van der Waals surface area contributed by atoms with E-state index in [1.54, 1.807) is 31.6 Å². The van der Waals surface area contributed by atoms with Crippen LogP contribution in [0.3, 0.4) is 0 Å². The minimum atomic E-state index is -1.66. The number of nitrogens with zero attached hydrogens (tertiary/aromatic N) is 3. The van der Waals surface area contributed by atoms with Crippen molar-refractivity contribution in [3.05, 3.63) is 48.4 Å². The van der Waals surface area contributed by atoms with E-state index in [1.165, 1.54) is 0 Å². The van der Waals surface area contributed by atoms with Crippen molar-refractivity contribution in [3.63, 3.8) is 0 Å². The molecule has 0 saturated heterocycles. The van der Waals surface area contributed by atoms with E-state index in [1.807, 2.05) is 18.2 Å². The summed E-state index contributed by atoms with van der Waals surface area (Å²) in [5, 5.41) is 19.2. The minimum absolute atomic E-state index is 0.218. The Balaban J connectivity index is 1.47. The largest absolute Gasteiger partial charge is 0.495 e. The lowest BCUT2D eigenvalue weighted by atomic mass is 9.80. The molecule has 0 spiro atoms. The molecule has 4 rings (SSSR count). The lowest BCUT2D eigenvalue weighted by Gasteiger charge is -2.11.